The monoisotopic (exact) mass is 478 g/mol. The minimum atomic E-state index is -3.51. The molecule has 0 saturated carbocycles. The first kappa shape index (κ1) is 24.2. The van der Waals surface area contributed by atoms with E-state index in [9.17, 15) is 17.6 Å². The summed E-state index contributed by atoms with van der Waals surface area (Å²) in [4.78, 5) is 21.9. The summed E-state index contributed by atoms with van der Waals surface area (Å²) in [6, 6.07) is 5.62. The van der Waals surface area contributed by atoms with Gasteiger partial charge in [0.05, 0.1) is 30.1 Å². The van der Waals surface area contributed by atoms with Gasteiger partial charge in [-0.3, -0.25) is 10.1 Å². The summed E-state index contributed by atoms with van der Waals surface area (Å²) in [5.41, 5.74) is 5.56. The number of thiazole rings is 1. The topological polar surface area (TPSA) is 133 Å². The Labute approximate surface area is 182 Å². The summed E-state index contributed by atoms with van der Waals surface area (Å²) in [7, 11) is -3.51. The smallest absolute Gasteiger partial charge is 0.280 e. The van der Waals surface area contributed by atoms with E-state index in [-0.39, 0.29) is 46.5 Å². The number of sulfone groups is 1. The fourth-order valence-corrected chi connectivity index (χ4v) is 4.15. The van der Waals surface area contributed by atoms with E-state index in [2.05, 4.69) is 15.5 Å². The highest BCUT2D eigenvalue weighted by molar-refractivity contribution is 7.91. The number of carbonyl (C=O) groups is 1. The standard InChI is InChI=1S/C17H19FN4O5S2.ClH/c18-14-9-20-17(28-14)21-16(23)15(22-27-12-5-7-26-10-12)11-1-3-13(4-2-11)29(24,25)8-6-19;/h1-4,9,12H,5-8,10,19H2,(H,20,21,23);1H/b22-15+;/t12-;/m1./s1. The van der Waals surface area contributed by atoms with Crippen LogP contribution in [-0.4, -0.2) is 56.6 Å². The highest BCUT2D eigenvalue weighted by Gasteiger charge is 2.22. The number of benzene rings is 1. The molecule has 3 rings (SSSR count). The number of hydrogen-bond donors (Lipinski definition) is 2. The molecular weight excluding hydrogens is 459 g/mol. The van der Waals surface area contributed by atoms with Gasteiger partial charge in [0.15, 0.2) is 31.9 Å². The van der Waals surface area contributed by atoms with Crippen molar-refractivity contribution in [3.8, 4) is 0 Å². The number of ether oxygens (including phenoxy) is 1. The van der Waals surface area contributed by atoms with Gasteiger partial charge >= 0.3 is 0 Å². The highest BCUT2D eigenvalue weighted by atomic mass is 35.5. The minimum absolute atomic E-state index is 0. The van der Waals surface area contributed by atoms with Gasteiger partial charge in [-0.25, -0.2) is 13.4 Å². The first-order valence-electron chi connectivity index (χ1n) is 8.66. The van der Waals surface area contributed by atoms with E-state index in [1.807, 2.05) is 0 Å². The lowest BCUT2D eigenvalue weighted by Gasteiger charge is -2.10. The Kier molecular flexibility index (Phi) is 8.67. The molecule has 13 heteroatoms. The molecule has 0 radical (unpaired) electrons. The summed E-state index contributed by atoms with van der Waals surface area (Å²) in [5, 5.41) is 5.91. The zero-order valence-corrected chi connectivity index (χ0v) is 18.1. The normalized spacial score (nSPS) is 16.7. The van der Waals surface area contributed by atoms with E-state index in [0.717, 1.165) is 6.20 Å². The van der Waals surface area contributed by atoms with Crippen molar-refractivity contribution in [1.82, 2.24) is 4.98 Å². The predicted octanol–water partition coefficient (Wildman–Crippen LogP) is 1.58. The molecule has 1 amide bonds. The minimum Gasteiger partial charge on any atom is -0.389 e. The van der Waals surface area contributed by atoms with Crippen LogP contribution in [0.5, 0.6) is 0 Å². The molecule has 9 nitrogen and oxygen atoms in total. The van der Waals surface area contributed by atoms with Crippen molar-refractivity contribution >= 4 is 50.3 Å². The van der Waals surface area contributed by atoms with E-state index in [0.29, 0.717) is 36.5 Å². The van der Waals surface area contributed by atoms with Crippen LogP contribution in [0.4, 0.5) is 9.52 Å². The average molecular weight is 479 g/mol. The Morgan fingerprint density at radius 3 is 2.70 bits per heavy atom. The first-order valence-corrected chi connectivity index (χ1v) is 11.1. The van der Waals surface area contributed by atoms with Crippen molar-refractivity contribution in [2.75, 3.05) is 30.8 Å². The van der Waals surface area contributed by atoms with Crippen LogP contribution in [0.3, 0.4) is 0 Å². The van der Waals surface area contributed by atoms with Crippen molar-refractivity contribution in [3.63, 3.8) is 0 Å². The van der Waals surface area contributed by atoms with E-state index >= 15 is 0 Å². The van der Waals surface area contributed by atoms with Crippen LogP contribution in [-0.2, 0) is 24.2 Å². The molecule has 164 valence electrons. The number of hydrogen-bond acceptors (Lipinski definition) is 9. The summed E-state index contributed by atoms with van der Waals surface area (Å²) in [6.45, 7) is 0.890. The Hall–Kier alpha value is -2.12. The van der Waals surface area contributed by atoms with Gasteiger partial charge in [-0.05, 0) is 12.1 Å². The molecule has 1 aromatic heterocycles. The van der Waals surface area contributed by atoms with Gasteiger partial charge < -0.3 is 15.3 Å². The largest absolute Gasteiger partial charge is 0.389 e. The number of carbonyl (C=O) groups excluding carboxylic acids is 1. The number of nitrogens with zero attached hydrogens (tertiary/aromatic N) is 2. The number of rotatable bonds is 8. The van der Waals surface area contributed by atoms with Crippen LogP contribution < -0.4 is 11.1 Å². The number of halogens is 2. The molecule has 0 unspecified atom stereocenters. The molecular formula is C17H20ClFN4O5S2. The first-order chi connectivity index (χ1) is 13.9. The summed E-state index contributed by atoms with van der Waals surface area (Å²) in [6.07, 6.45) is 1.33. The van der Waals surface area contributed by atoms with E-state index in [4.69, 9.17) is 15.3 Å². The van der Waals surface area contributed by atoms with Gasteiger partial charge in [0.25, 0.3) is 5.91 Å². The number of oxime groups is 1. The Bertz CT molecular complexity index is 992. The summed E-state index contributed by atoms with van der Waals surface area (Å²) < 4.78 is 42.6. The number of aromatic nitrogens is 1. The molecule has 2 heterocycles. The lowest BCUT2D eigenvalue weighted by Crippen LogP contribution is -2.25. The third-order valence-corrected chi connectivity index (χ3v) is 6.43. The van der Waals surface area contributed by atoms with Crippen molar-refractivity contribution in [2.45, 2.75) is 17.4 Å². The Morgan fingerprint density at radius 1 is 1.40 bits per heavy atom. The van der Waals surface area contributed by atoms with Gasteiger partial charge in [0.1, 0.15) is 0 Å². The molecule has 1 fully saturated rings. The van der Waals surface area contributed by atoms with Crippen molar-refractivity contribution in [3.05, 3.63) is 41.2 Å². The molecule has 1 aromatic carbocycles. The van der Waals surface area contributed by atoms with Gasteiger partial charge in [0, 0.05) is 18.5 Å². The second kappa shape index (κ2) is 10.8. The molecule has 30 heavy (non-hydrogen) atoms. The maximum Gasteiger partial charge on any atom is 0.280 e. The van der Waals surface area contributed by atoms with Crippen LogP contribution >= 0.6 is 23.7 Å². The Balaban J connectivity index is 0.00000320. The van der Waals surface area contributed by atoms with E-state index in [1.165, 1.54) is 24.3 Å². The summed E-state index contributed by atoms with van der Waals surface area (Å²) >= 11 is 0.667. The number of nitrogens with one attached hydrogen (secondary N) is 1. The number of amides is 1. The fourth-order valence-electron chi connectivity index (χ4n) is 2.51. The molecule has 0 bridgehead atoms. The van der Waals surface area contributed by atoms with E-state index < -0.39 is 20.9 Å². The molecule has 1 atom stereocenters. The van der Waals surface area contributed by atoms with E-state index in [1.54, 1.807) is 0 Å². The maximum atomic E-state index is 13.1. The van der Waals surface area contributed by atoms with Crippen LogP contribution in [0.25, 0.3) is 0 Å². The second-order valence-corrected chi connectivity index (χ2v) is 9.18. The van der Waals surface area contributed by atoms with Gasteiger partial charge in [-0.1, -0.05) is 28.6 Å². The molecule has 0 aliphatic carbocycles. The SMILES string of the molecule is Cl.NCCS(=O)(=O)c1ccc(/C(=N\O[C@@H]2CCOC2)C(=O)Nc2ncc(F)s2)cc1. The third-order valence-electron chi connectivity index (χ3n) is 3.97. The lowest BCUT2D eigenvalue weighted by atomic mass is 10.1. The second-order valence-electron chi connectivity index (χ2n) is 6.09. The highest BCUT2D eigenvalue weighted by Crippen LogP contribution is 2.18. The molecule has 3 N–H and O–H groups in total. The molecule has 0 spiro atoms. The number of nitrogens with two attached hydrogens (primary N) is 1. The summed E-state index contributed by atoms with van der Waals surface area (Å²) in [5.74, 6) is -0.857. The van der Waals surface area contributed by atoms with Gasteiger partial charge in [-0.15, -0.1) is 12.4 Å². The van der Waals surface area contributed by atoms with Crippen LogP contribution in [0, 0.1) is 5.13 Å². The number of anilines is 1. The molecule has 1 saturated heterocycles. The molecule has 1 aliphatic heterocycles. The van der Waals surface area contributed by atoms with Crippen molar-refractivity contribution in [2.24, 2.45) is 10.9 Å². The molecule has 2 aromatic rings. The van der Waals surface area contributed by atoms with Crippen LogP contribution in [0.15, 0.2) is 40.5 Å². The quantitative estimate of drug-likeness (QED) is 0.434. The van der Waals surface area contributed by atoms with Crippen LogP contribution in [0.2, 0.25) is 0 Å². The maximum absolute atomic E-state index is 13.1. The van der Waals surface area contributed by atoms with Gasteiger partial charge in [0.2, 0.25) is 0 Å². The van der Waals surface area contributed by atoms with Gasteiger partial charge in [-0.2, -0.15) is 4.39 Å². The predicted molar refractivity (Wildman–Crippen MR) is 112 cm³/mol. The zero-order valence-electron chi connectivity index (χ0n) is 15.6. The van der Waals surface area contributed by atoms with Crippen molar-refractivity contribution < 1.29 is 27.2 Å². The molecule has 1 aliphatic rings. The van der Waals surface area contributed by atoms with Crippen LogP contribution in [0.1, 0.15) is 12.0 Å². The Morgan fingerprint density at radius 2 is 2.13 bits per heavy atom. The fraction of sp³-hybridized carbons (Fsp3) is 0.353. The van der Waals surface area contributed by atoms with Crippen molar-refractivity contribution in [1.29, 1.82) is 0 Å². The average Bonchev–Trinajstić information content (AvgIpc) is 3.34. The lowest BCUT2D eigenvalue weighted by molar-refractivity contribution is -0.110. The third kappa shape index (κ3) is 6.19. The zero-order chi connectivity index (χ0) is 20.9.